The van der Waals surface area contributed by atoms with Gasteiger partial charge in [-0.3, -0.25) is 9.59 Å². The summed E-state index contributed by atoms with van der Waals surface area (Å²) in [6, 6.07) is -0.538. The lowest BCUT2D eigenvalue weighted by molar-refractivity contribution is -0.143. The molecule has 0 aliphatic rings. The van der Waals surface area contributed by atoms with Crippen molar-refractivity contribution in [3.8, 4) is 0 Å². The van der Waals surface area contributed by atoms with Crippen LogP contribution in [0, 0.1) is 0 Å². The summed E-state index contributed by atoms with van der Waals surface area (Å²) in [5, 5.41) is 23.3. The molecule has 2 atom stereocenters. The molecule has 6 nitrogen and oxygen atoms in total. The molecule has 0 aliphatic carbocycles. The van der Waals surface area contributed by atoms with Gasteiger partial charge in [-0.15, -0.1) is 0 Å². The van der Waals surface area contributed by atoms with Gasteiger partial charge < -0.3 is 20.3 Å². The first kappa shape index (κ1) is 74.6. The summed E-state index contributed by atoms with van der Waals surface area (Å²) in [4.78, 5) is 24.6. The lowest BCUT2D eigenvalue weighted by atomic mass is 10.0. The third-order valence-electron chi connectivity index (χ3n) is 16.6. The van der Waals surface area contributed by atoms with E-state index in [9.17, 15) is 19.8 Å². The van der Waals surface area contributed by atoms with Gasteiger partial charge in [-0.05, 0) is 51.4 Å². The van der Waals surface area contributed by atoms with E-state index in [0.29, 0.717) is 25.9 Å². The Balaban J connectivity index is 3.33. The van der Waals surface area contributed by atoms with Crippen LogP contribution in [0.3, 0.4) is 0 Å². The van der Waals surface area contributed by atoms with Crippen LogP contribution >= 0.6 is 0 Å². The van der Waals surface area contributed by atoms with Crippen molar-refractivity contribution in [3.63, 3.8) is 0 Å². The molecule has 3 N–H and O–H groups in total. The Bertz CT molecular complexity index is 1140. The monoisotopic (exact) mass is 1070 g/mol. The minimum absolute atomic E-state index is 0.0219. The number of aliphatic hydroxyl groups is 2. The standard InChI is InChI=1S/C70H137NO5/c1-3-5-7-9-11-13-15-17-18-33-37-40-44-48-52-56-60-64-70(75)76-65-61-57-53-49-45-41-38-35-32-30-28-26-24-22-20-19-21-23-25-27-29-31-34-36-39-43-47-51-55-59-63-69(74)71-67(66-72)68(73)62-58-54-50-46-42-16-14-12-10-8-6-4-2/h20,22,67-68,72-73H,3-19,21,23-66H2,1-2H3,(H,71,74)/b22-20-. The highest BCUT2D eigenvalue weighted by Crippen LogP contribution is 2.19. The Morgan fingerprint density at radius 2 is 0.618 bits per heavy atom. The number of hydrogen-bond acceptors (Lipinski definition) is 5. The van der Waals surface area contributed by atoms with E-state index < -0.39 is 12.1 Å². The van der Waals surface area contributed by atoms with Gasteiger partial charge in [0.25, 0.3) is 0 Å². The summed E-state index contributed by atoms with van der Waals surface area (Å²) in [7, 11) is 0. The average molecular weight is 1070 g/mol. The maximum absolute atomic E-state index is 12.5. The number of allylic oxidation sites excluding steroid dienone is 2. The first-order valence-corrected chi connectivity index (χ1v) is 34.9. The van der Waals surface area contributed by atoms with Gasteiger partial charge in [0.2, 0.25) is 5.91 Å². The van der Waals surface area contributed by atoms with Gasteiger partial charge in [0, 0.05) is 12.8 Å². The fraction of sp³-hybridized carbons (Fsp3) is 0.943. The first-order valence-electron chi connectivity index (χ1n) is 34.9. The number of rotatable bonds is 66. The highest BCUT2D eigenvalue weighted by molar-refractivity contribution is 5.76. The van der Waals surface area contributed by atoms with Crippen molar-refractivity contribution >= 4 is 11.9 Å². The highest BCUT2D eigenvalue weighted by Gasteiger charge is 2.20. The summed E-state index contributed by atoms with van der Waals surface area (Å²) in [6.07, 6.45) is 81.2. The van der Waals surface area contributed by atoms with E-state index >= 15 is 0 Å². The highest BCUT2D eigenvalue weighted by atomic mass is 16.5. The Morgan fingerprint density at radius 1 is 0.355 bits per heavy atom. The summed E-state index contributed by atoms with van der Waals surface area (Å²) in [5.74, 6) is -0.00976. The lowest BCUT2D eigenvalue weighted by Gasteiger charge is -2.22. The zero-order chi connectivity index (χ0) is 55.0. The van der Waals surface area contributed by atoms with E-state index in [0.717, 1.165) is 38.5 Å². The third kappa shape index (κ3) is 61.8. The lowest BCUT2D eigenvalue weighted by Crippen LogP contribution is -2.45. The SMILES string of the molecule is CCCCCCCCCCCCCCCCCCCC(=O)OCCCCCCCCCCCCCC/C=C\CCCCCCCCCCCCCCCCC(=O)NC(CO)C(O)CCCCCCCCCCCCCC. The Kier molecular flexibility index (Phi) is 64.9. The van der Waals surface area contributed by atoms with Gasteiger partial charge in [-0.25, -0.2) is 0 Å². The first-order chi connectivity index (χ1) is 37.5. The molecule has 2 unspecified atom stereocenters. The number of esters is 1. The molecule has 0 saturated heterocycles. The quantitative estimate of drug-likeness (QED) is 0.0320. The van der Waals surface area contributed by atoms with Crippen molar-refractivity contribution in [2.45, 2.75) is 411 Å². The van der Waals surface area contributed by atoms with Crippen molar-refractivity contribution in [1.29, 1.82) is 0 Å². The Morgan fingerprint density at radius 3 is 0.934 bits per heavy atom. The maximum Gasteiger partial charge on any atom is 0.305 e. The molecule has 0 aromatic carbocycles. The fourth-order valence-corrected chi connectivity index (χ4v) is 11.2. The van der Waals surface area contributed by atoms with Gasteiger partial charge in [-0.2, -0.15) is 0 Å². The molecular weight excluding hydrogens is 935 g/mol. The average Bonchev–Trinajstić information content (AvgIpc) is 3.42. The smallest absolute Gasteiger partial charge is 0.305 e. The summed E-state index contributed by atoms with van der Waals surface area (Å²) < 4.78 is 5.51. The van der Waals surface area contributed by atoms with Crippen LogP contribution in [0.5, 0.6) is 0 Å². The van der Waals surface area contributed by atoms with Crippen LogP contribution in [-0.4, -0.2) is 47.4 Å². The van der Waals surface area contributed by atoms with E-state index in [-0.39, 0.29) is 18.5 Å². The van der Waals surface area contributed by atoms with Crippen molar-refractivity contribution in [3.05, 3.63) is 12.2 Å². The molecule has 76 heavy (non-hydrogen) atoms. The summed E-state index contributed by atoms with van der Waals surface area (Å²) in [6.45, 7) is 4.99. The van der Waals surface area contributed by atoms with Crippen LogP contribution in [0.4, 0.5) is 0 Å². The molecule has 0 rings (SSSR count). The molecule has 0 aromatic rings. The molecule has 6 heteroatoms. The molecule has 0 heterocycles. The van der Waals surface area contributed by atoms with E-state index in [1.165, 1.54) is 327 Å². The molecule has 0 bridgehead atoms. The van der Waals surface area contributed by atoms with Crippen LogP contribution < -0.4 is 5.32 Å². The molecule has 0 saturated carbocycles. The van der Waals surface area contributed by atoms with Crippen LogP contribution in [0.1, 0.15) is 399 Å². The Labute approximate surface area is 476 Å². The minimum atomic E-state index is -0.661. The van der Waals surface area contributed by atoms with Crippen LogP contribution in [0.25, 0.3) is 0 Å². The summed E-state index contributed by atoms with van der Waals surface area (Å²) >= 11 is 0. The van der Waals surface area contributed by atoms with E-state index in [1.54, 1.807) is 0 Å². The predicted molar refractivity (Wildman–Crippen MR) is 333 cm³/mol. The molecule has 452 valence electrons. The normalized spacial score (nSPS) is 12.5. The van der Waals surface area contributed by atoms with E-state index in [2.05, 4.69) is 31.3 Å². The van der Waals surface area contributed by atoms with Crippen molar-refractivity contribution in [1.82, 2.24) is 5.32 Å². The molecule has 0 aromatic heterocycles. The van der Waals surface area contributed by atoms with Crippen molar-refractivity contribution in [2.75, 3.05) is 13.2 Å². The van der Waals surface area contributed by atoms with Crippen molar-refractivity contribution < 1.29 is 24.5 Å². The van der Waals surface area contributed by atoms with Crippen LogP contribution in [0.15, 0.2) is 12.2 Å². The van der Waals surface area contributed by atoms with Crippen LogP contribution in [0.2, 0.25) is 0 Å². The number of aliphatic hydroxyl groups excluding tert-OH is 2. The topological polar surface area (TPSA) is 95.9 Å². The number of carbonyl (C=O) groups excluding carboxylic acids is 2. The van der Waals surface area contributed by atoms with Gasteiger partial charge in [0.15, 0.2) is 0 Å². The van der Waals surface area contributed by atoms with Crippen LogP contribution in [-0.2, 0) is 14.3 Å². The third-order valence-corrected chi connectivity index (χ3v) is 16.6. The molecule has 0 aliphatic heterocycles. The second-order valence-corrected chi connectivity index (χ2v) is 24.2. The predicted octanol–water partition coefficient (Wildman–Crippen LogP) is 22.4. The second kappa shape index (κ2) is 66.1. The molecular formula is C70H137NO5. The van der Waals surface area contributed by atoms with E-state index in [4.69, 9.17) is 4.74 Å². The molecule has 0 spiro atoms. The number of amides is 1. The van der Waals surface area contributed by atoms with Gasteiger partial charge >= 0.3 is 5.97 Å². The van der Waals surface area contributed by atoms with Gasteiger partial charge in [0.05, 0.1) is 25.4 Å². The second-order valence-electron chi connectivity index (χ2n) is 24.2. The Hall–Kier alpha value is -1.40. The number of nitrogens with one attached hydrogen (secondary N) is 1. The van der Waals surface area contributed by atoms with Gasteiger partial charge in [0.1, 0.15) is 0 Å². The number of carbonyl (C=O) groups is 2. The largest absolute Gasteiger partial charge is 0.466 e. The number of unbranched alkanes of at least 4 members (excludes halogenated alkanes) is 53. The minimum Gasteiger partial charge on any atom is -0.466 e. The fourth-order valence-electron chi connectivity index (χ4n) is 11.2. The summed E-state index contributed by atoms with van der Waals surface area (Å²) in [5.41, 5.74) is 0. The number of ether oxygens (including phenoxy) is 1. The zero-order valence-corrected chi connectivity index (χ0v) is 51.8. The molecule has 1 amide bonds. The maximum atomic E-state index is 12.5. The molecule has 0 radical (unpaired) electrons. The zero-order valence-electron chi connectivity index (χ0n) is 51.8. The number of hydrogen-bond donors (Lipinski definition) is 3. The van der Waals surface area contributed by atoms with Gasteiger partial charge in [-0.1, -0.05) is 347 Å². The van der Waals surface area contributed by atoms with E-state index in [1.807, 2.05) is 0 Å². The molecule has 0 fully saturated rings. The van der Waals surface area contributed by atoms with Crippen molar-refractivity contribution in [2.24, 2.45) is 0 Å².